The monoisotopic (exact) mass is 581 g/mol. The maximum Gasteiger partial charge on any atom is 0.154 e. The number of carbonyl (C=O) groups is 1. The van der Waals surface area contributed by atoms with Crippen LogP contribution in [0.5, 0.6) is 11.5 Å². The molecule has 0 spiro atoms. The van der Waals surface area contributed by atoms with Crippen molar-refractivity contribution in [2.24, 2.45) is 0 Å². The highest BCUT2D eigenvalue weighted by atomic mass is 35.5. The zero-order valence-electron chi connectivity index (χ0n) is 23.2. The van der Waals surface area contributed by atoms with Crippen LogP contribution in [0.4, 0.5) is 8.78 Å². The van der Waals surface area contributed by atoms with Crippen LogP contribution in [0.1, 0.15) is 62.6 Å². The second kappa shape index (κ2) is 12.2. The lowest BCUT2D eigenvalue weighted by molar-refractivity contribution is -0.109. The summed E-state index contributed by atoms with van der Waals surface area (Å²) in [4.78, 5) is 22.7. The average Bonchev–Trinajstić information content (AvgIpc) is 3.91. The molecule has 0 aliphatic heterocycles. The molecular weight excluding hydrogens is 548 g/mol. The summed E-state index contributed by atoms with van der Waals surface area (Å²) in [6, 6.07) is 10.3. The quantitative estimate of drug-likeness (QED) is 0.162. The van der Waals surface area contributed by atoms with Crippen LogP contribution < -0.4 is 30.8 Å². The molecule has 2 aliphatic rings. The molecule has 0 amide bonds. The van der Waals surface area contributed by atoms with Crippen molar-refractivity contribution in [3.05, 3.63) is 74.7 Å². The number of pyridine rings is 1. The van der Waals surface area contributed by atoms with Gasteiger partial charge in [-0.25, -0.2) is 8.78 Å². The highest BCUT2D eigenvalue weighted by molar-refractivity contribution is 6.31. The summed E-state index contributed by atoms with van der Waals surface area (Å²) >= 11 is 5.88. The van der Waals surface area contributed by atoms with Gasteiger partial charge in [0.15, 0.2) is 11.6 Å². The third-order valence-electron chi connectivity index (χ3n) is 7.81. The smallest absolute Gasteiger partial charge is 0.154 e. The minimum atomic E-state index is -0.877. The normalized spacial score (nSPS) is 16.8. The van der Waals surface area contributed by atoms with Gasteiger partial charge in [0.1, 0.15) is 22.9 Å². The SMILES string of the molecule is C=c1c(OC)cc(ONCC(CCC)c2cc(C3(C=O)CC3)cc(-c3ccc(F)c(Cl)c3F)n2)c/c1=C\NC1CC1. The average molecular weight is 582 g/mol. The molecule has 1 aromatic heterocycles. The van der Waals surface area contributed by atoms with Crippen LogP contribution in [0, 0.1) is 11.6 Å². The molecular formula is C32H34ClF2N3O3. The van der Waals surface area contributed by atoms with E-state index in [0.717, 1.165) is 54.0 Å². The van der Waals surface area contributed by atoms with Gasteiger partial charge in [0.05, 0.1) is 18.2 Å². The van der Waals surface area contributed by atoms with Gasteiger partial charge >= 0.3 is 0 Å². The molecule has 0 saturated heterocycles. The number of rotatable bonds is 13. The highest BCUT2D eigenvalue weighted by Gasteiger charge is 2.45. The second-order valence-electron chi connectivity index (χ2n) is 10.9. The number of nitrogens with zero attached hydrogens (tertiary/aromatic N) is 1. The van der Waals surface area contributed by atoms with Gasteiger partial charge in [-0.2, -0.15) is 5.48 Å². The molecule has 9 heteroatoms. The number of halogens is 3. The Morgan fingerprint density at radius 3 is 2.66 bits per heavy atom. The Hall–Kier alpha value is -3.49. The van der Waals surface area contributed by atoms with Crippen molar-refractivity contribution in [2.45, 2.75) is 62.8 Å². The fourth-order valence-corrected chi connectivity index (χ4v) is 5.08. The Kier molecular flexibility index (Phi) is 8.61. The third-order valence-corrected chi connectivity index (χ3v) is 8.16. The third kappa shape index (κ3) is 6.39. The van der Waals surface area contributed by atoms with Crippen LogP contribution in [0.15, 0.2) is 36.4 Å². The van der Waals surface area contributed by atoms with E-state index in [1.807, 2.05) is 18.3 Å². The Bertz CT molecular complexity index is 1560. The molecule has 6 nitrogen and oxygen atoms in total. The first-order valence-electron chi connectivity index (χ1n) is 13.9. The number of aldehydes is 1. The van der Waals surface area contributed by atoms with Crippen LogP contribution in [0.3, 0.4) is 0 Å². The van der Waals surface area contributed by atoms with Crippen LogP contribution in [0.25, 0.3) is 24.0 Å². The van der Waals surface area contributed by atoms with Crippen LogP contribution in [-0.2, 0) is 10.2 Å². The number of aromatic nitrogens is 1. The minimum absolute atomic E-state index is 0.0876. The fraction of sp³-hybridized carbons (Fsp3) is 0.375. The maximum absolute atomic E-state index is 15.0. The molecule has 1 heterocycles. The van der Waals surface area contributed by atoms with Crippen LogP contribution in [0.2, 0.25) is 5.02 Å². The molecule has 2 fully saturated rings. The lowest BCUT2D eigenvalue weighted by Gasteiger charge is -2.20. The van der Waals surface area contributed by atoms with Crippen molar-refractivity contribution in [1.29, 1.82) is 0 Å². The lowest BCUT2D eigenvalue weighted by Crippen LogP contribution is -2.30. The maximum atomic E-state index is 15.0. The van der Waals surface area contributed by atoms with E-state index in [0.29, 0.717) is 48.3 Å². The van der Waals surface area contributed by atoms with Crippen molar-refractivity contribution in [3.63, 3.8) is 0 Å². The number of carbonyl (C=O) groups excluding carboxylic acids is 1. The van der Waals surface area contributed by atoms with E-state index in [1.165, 1.54) is 6.07 Å². The predicted octanol–water partition coefficient (Wildman–Crippen LogP) is 5.29. The fourth-order valence-electron chi connectivity index (χ4n) is 4.92. The summed E-state index contributed by atoms with van der Waals surface area (Å²) in [5.41, 5.74) is 4.32. The Labute approximate surface area is 243 Å². The summed E-state index contributed by atoms with van der Waals surface area (Å²) in [5, 5.41) is 4.44. The molecule has 3 aromatic rings. The zero-order valence-corrected chi connectivity index (χ0v) is 24.0. The number of ether oxygens (including phenoxy) is 1. The topological polar surface area (TPSA) is 72.5 Å². The largest absolute Gasteiger partial charge is 0.496 e. The molecule has 216 valence electrons. The van der Waals surface area contributed by atoms with Gasteiger partial charge in [-0.3, -0.25) is 4.98 Å². The molecule has 1 atom stereocenters. The van der Waals surface area contributed by atoms with E-state index < -0.39 is 22.1 Å². The molecule has 5 rings (SSSR count). The van der Waals surface area contributed by atoms with Gasteiger partial charge in [0, 0.05) is 52.5 Å². The van der Waals surface area contributed by atoms with Gasteiger partial charge in [0.25, 0.3) is 0 Å². The molecule has 2 aliphatic carbocycles. The number of hydrogen-bond acceptors (Lipinski definition) is 6. The van der Waals surface area contributed by atoms with Crippen molar-refractivity contribution < 1.29 is 23.1 Å². The van der Waals surface area contributed by atoms with Gasteiger partial charge in [-0.05, 0) is 68.0 Å². The van der Waals surface area contributed by atoms with E-state index in [2.05, 4.69) is 24.3 Å². The molecule has 41 heavy (non-hydrogen) atoms. The number of hydrogen-bond donors (Lipinski definition) is 2. The van der Waals surface area contributed by atoms with Crippen molar-refractivity contribution in [3.8, 4) is 22.8 Å². The standard InChI is InChI=1S/C32H34ClF2N3O3/c1-4-5-20(17-37-41-24-12-21(16-36-23-6-7-23)19(2)29(15-24)40-3)27-13-22(32(18-39)10-11-32)14-28(38-27)25-8-9-26(34)30(33)31(25)35/h8-9,12-16,18,20,23,36-37H,2,4-7,10-11,17H2,1,3H3/b21-16+. The van der Waals surface area contributed by atoms with Gasteiger partial charge < -0.3 is 19.7 Å². The number of benzene rings is 2. The Balaban J connectivity index is 1.43. The summed E-state index contributed by atoms with van der Waals surface area (Å²) < 4.78 is 34.4. The molecule has 2 saturated carbocycles. The lowest BCUT2D eigenvalue weighted by atomic mass is 9.91. The Morgan fingerprint density at radius 1 is 1.22 bits per heavy atom. The van der Waals surface area contributed by atoms with Gasteiger partial charge in [-0.15, -0.1) is 0 Å². The first-order chi connectivity index (χ1) is 19.8. The molecule has 0 radical (unpaired) electrons. The van der Waals surface area contributed by atoms with Crippen molar-refractivity contribution in [2.75, 3.05) is 13.7 Å². The summed E-state index contributed by atoms with van der Waals surface area (Å²) in [5.74, 6) is -0.652. The first-order valence-corrected chi connectivity index (χ1v) is 14.3. The van der Waals surface area contributed by atoms with E-state index in [4.69, 9.17) is 26.2 Å². The van der Waals surface area contributed by atoms with E-state index in [9.17, 15) is 9.18 Å². The molecule has 2 aromatic carbocycles. The number of hydroxylamine groups is 1. The number of nitrogens with one attached hydrogen (secondary N) is 2. The predicted molar refractivity (Wildman–Crippen MR) is 156 cm³/mol. The Morgan fingerprint density at radius 2 is 2.00 bits per heavy atom. The van der Waals surface area contributed by atoms with Crippen LogP contribution in [-0.4, -0.2) is 31.0 Å². The first kappa shape index (κ1) is 29.0. The summed E-state index contributed by atoms with van der Waals surface area (Å²) in [6.45, 7) is 6.60. The second-order valence-corrected chi connectivity index (χ2v) is 11.3. The minimum Gasteiger partial charge on any atom is -0.496 e. The highest BCUT2D eigenvalue weighted by Crippen LogP contribution is 2.47. The summed E-state index contributed by atoms with van der Waals surface area (Å²) in [6.07, 6.45) is 8.25. The van der Waals surface area contributed by atoms with E-state index in [-0.39, 0.29) is 11.5 Å². The summed E-state index contributed by atoms with van der Waals surface area (Å²) in [7, 11) is 1.59. The molecule has 0 bridgehead atoms. The van der Waals surface area contributed by atoms with E-state index in [1.54, 1.807) is 19.2 Å². The van der Waals surface area contributed by atoms with Crippen molar-refractivity contribution in [1.82, 2.24) is 15.8 Å². The molecule has 2 N–H and O–H groups in total. The number of methoxy groups -OCH3 is 1. The van der Waals surface area contributed by atoms with Crippen molar-refractivity contribution >= 4 is 30.7 Å². The van der Waals surface area contributed by atoms with Gasteiger partial charge in [-0.1, -0.05) is 31.5 Å². The van der Waals surface area contributed by atoms with Crippen LogP contribution >= 0.6 is 11.6 Å². The van der Waals surface area contributed by atoms with E-state index >= 15 is 4.39 Å². The molecule has 1 unspecified atom stereocenters. The zero-order chi connectivity index (χ0) is 29.1. The van der Waals surface area contributed by atoms with Gasteiger partial charge in [0.2, 0.25) is 0 Å².